The summed E-state index contributed by atoms with van der Waals surface area (Å²) in [6.07, 6.45) is 0. The molecule has 3 aromatic rings. The van der Waals surface area contributed by atoms with Crippen molar-refractivity contribution in [2.45, 2.75) is 33.6 Å². The Bertz CT molecular complexity index is 913. The highest BCUT2D eigenvalue weighted by Gasteiger charge is 2.22. The van der Waals surface area contributed by atoms with Gasteiger partial charge < -0.3 is 4.42 Å². The average Bonchev–Trinajstić information content (AvgIpc) is 3.09. The van der Waals surface area contributed by atoms with E-state index in [-0.39, 0.29) is 5.91 Å². The van der Waals surface area contributed by atoms with Gasteiger partial charge in [0.15, 0.2) is 5.13 Å². The van der Waals surface area contributed by atoms with Crippen LogP contribution in [0.2, 0.25) is 0 Å². The first-order chi connectivity index (χ1) is 11.9. The van der Waals surface area contributed by atoms with Crippen molar-refractivity contribution < 1.29 is 9.21 Å². The molecule has 0 aliphatic rings. The predicted octanol–water partition coefficient (Wildman–Crippen LogP) is 6.16. The molecule has 25 heavy (non-hydrogen) atoms. The fraction of sp³-hybridized carbons (Fsp3) is 0.263. The number of halogens is 1. The molecule has 1 amide bonds. The summed E-state index contributed by atoms with van der Waals surface area (Å²) in [5.74, 6) is 1.38. The Balaban J connectivity index is 1.95. The summed E-state index contributed by atoms with van der Waals surface area (Å²) >= 11 is 4.94. The van der Waals surface area contributed by atoms with Gasteiger partial charge in [-0.2, -0.15) is 0 Å². The van der Waals surface area contributed by atoms with E-state index in [9.17, 15) is 4.79 Å². The second-order valence-corrected chi connectivity index (χ2v) is 7.93. The summed E-state index contributed by atoms with van der Waals surface area (Å²) in [5.41, 5.74) is 2.49. The number of benzene rings is 1. The van der Waals surface area contributed by atoms with Crippen molar-refractivity contribution in [2.75, 3.05) is 5.32 Å². The van der Waals surface area contributed by atoms with E-state index in [0.717, 1.165) is 16.1 Å². The van der Waals surface area contributed by atoms with Crippen LogP contribution in [-0.2, 0) is 0 Å². The molecule has 2 heterocycles. The fourth-order valence-electron chi connectivity index (χ4n) is 2.65. The highest BCUT2D eigenvalue weighted by molar-refractivity contribution is 9.10. The second kappa shape index (κ2) is 7.14. The first-order valence-corrected chi connectivity index (χ1v) is 9.62. The Kier molecular flexibility index (Phi) is 5.11. The Morgan fingerprint density at radius 2 is 1.88 bits per heavy atom. The van der Waals surface area contributed by atoms with Crippen molar-refractivity contribution in [1.82, 2.24) is 4.98 Å². The Morgan fingerprint density at radius 3 is 2.44 bits per heavy atom. The van der Waals surface area contributed by atoms with Crippen LogP contribution in [0.4, 0.5) is 5.13 Å². The topological polar surface area (TPSA) is 55.1 Å². The number of nitrogens with one attached hydrogen (secondary N) is 1. The largest absolute Gasteiger partial charge is 0.465 e. The number of carbonyl (C=O) groups is 1. The monoisotopic (exact) mass is 418 g/mol. The molecule has 0 unspecified atom stereocenters. The maximum Gasteiger partial charge on any atom is 0.262 e. The van der Waals surface area contributed by atoms with Crippen molar-refractivity contribution in [3.63, 3.8) is 0 Å². The lowest BCUT2D eigenvalue weighted by Crippen LogP contribution is -2.12. The summed E-state index contributed by atoms with van der Waals surface area (Å²) in [4.78, 5) is 18.5. The van der Waals surface area contributed by atoms with Crippen molar-refractivity contribution in [1.29, 1.82) is 0 Å². The molecule has 0 radical (unpaired) electrons. The number of carbonyl (C=O) groups excluding carboxylic acids is 1. The first kappa shape index (κ1) is 17.9. The van der Waals surface area contributed by atoms with Gasteiger partial charge in [0.25, 0.3) is 5.91 Å². The molecule has 0 aliphatic heterocycles. The van der Waals surface area contributed by atoms with E-state index >= 15 is 0 Å². The number of amides is 1. The zero-order chi connectivity index (χ0) is 18.1. The third kappa shape index (κ3) is 3.55. The number of hydrogen-bond acceptors (Lipinski definition) is 4. The van der Waals surface area contributed by atoms with E-state index in [4.69, 9.17) is 4.42 Å². The van der Waals surface area contributed by atoms with Crippen LogP contribution in [0.1, 0.15) is 46.5 Å². The van der Waals surface area contributed by atoms with Crippen molar-refractivity contribution in [3.05, 3.63) is 56.8 Å². The van der Waals surface area contributed by atoms with Crippen molar-refractivity contribution in [2.24, 2.45) is 0 Å². The Hall–Kier alpha value is -1.92. The minimum atomic E-state index is -0.218. The highest BCUT2D eigenvalue weighted by atomic mass is 79.9. The molecule has 2 aromatic heterocycles. The van der Waals surface area contributed by atoms with E-state index < -0.39 is 0 Å². The van der Waals surface area contributed by atoms with Gasteiger partial charge in [0, 0.05) is 10.4 Å². The SMILES string of the molecule is Cc1oc(C)c(C(=O)Nc2nc(-c3ccccc3)c(C(C)C)s2)c1Br. The van der Waals surface area contributed by atoms with E-state index in [1.807, 2.05) is 37.3 Å². The third-order valence-electron chi connectivity index (χ3n) is 3.86. The highest BCUT2D eigenvalue weighted by Crippen LogP contribution is 2.36. The number of thiazole rings is 1. The molecule has 0 saturated carbocycles. The van der Waals surface area contributed by atoms with Crippen LogP contribution in [0, 0.1) is 13.8 Å². The molecule has 4 nitrogen and oxygen atoms in total. The Labute approximate surface area is 159 Å². The van der Waals surface area contributed by atoms with E-state index in [2.05, 4.69) is 40.1 Å². The van der Waals surface area contributed by atoms with Crippen LogP contribution >= 0.6 is 27.3 Å². The van der Waals surface area contributed by atoms with Crippen LogP contribution < -0.4 is 5.32 Å². The molecule has 3 rings (SSSR count). The predicted molar refractivity (Wildman–Crippen MR) is 105 cm³/mol. The molecular weight excluding hydrogens is 400 g/mol. The summed E-state index contributed by atoms with van der Waals surface area (Å²) in [5, 5.41) is 3.51. The number of rotatable bonds is 4. The lowest BCUT2D eigenvalue weighted by Gasteiger charge is -2.04. The molecule has 6 heteroatoms. The number of aromatic nitrogens is 1. The standard InChI is InChI=1S/C19H19BrN2O2S/c1-10(2)17-16(13-8-6-5-7-9-13)21-19(25-17)22-18(23)14-11(3)24-12(4)15(14)20/h5-10H,1-4H3,(H,21,22,23). The van der Waals surface area contributed by atoms with E-state index in [1.165, 1.54) is 11.3 Å². The van der Waals surface area contributed by atoms with Crippen molar-refractivity contribution in [3.8, 4) is 11.3 Å². The van der Waals surface area contributed by atoms with Crippen LogP contribution in [-0.4, -0.2) is 10.9 Å². The maximum atomic E-state index is 12.7. The number of hydrogen-bond donors (Lipinski definition) is 1. The number of anilines is 1. The molecule has 0 aliphatic carbocycles. The summed E-state index contributed by atoms with van der Waals surface area (Å²) in [7, 11) is 0. The third-order valence-corrected chi connectivity index (χ3v) is 6.09. The fourth-order valence-corrected chi connectivity index (χ4v) is 4.18. The van der Waals surface area contributed by atoms with Gasteiger partial charge in [0.05, 0.1) is 15.7 Å². The lowest BCUT2D eigenvalue weighted by molar-refractivity contribution is 0.102. The molecule has 0 bridgehead atoms. The van der Waals surface area contributed by atoms with Gasteiger partial charge in [-0.25, -0.2) is 4.98 Å². The molecule has 1 N–H and O–H groups in total. The normalized spacial score (nSPS) is 11.1. The van der Waals surface area contributed by atoms with Crippen molar-refractivity contribution >= 4 is 38.3 Å². The first-order valence-electron chi connectivity index (χ1n) is 8.01. The molecule has 0 fully saturated rings. The van der Waals surface area contributed by atoms with Gasteiger partial charge in [-0.1, -0.05) is 44.2 Å². The number of aryl methyl sites for hydroxylation is 2. The van der Waals surface area contributed by atoms with Crippen LogP contribution in [0.3, 0.4) is 0 Å². The molecule has 0 atom stereocenters. The number of nitrogens with zero attached hydrogens (tertiary/aromatic N) is 1. The minimum Gasteiger partial charge on any atom is -0.465 e. The quantitative estimate of drug-likeness (QED) is 0.551. The van der Waals surface area contributed by atoms with Gasteiger partial charge in [-0.05, 0) is 35.7 Å². The van der Waals surface area contributed by atoms with Gasteiger partial charge in [0.2, 0.25) is 0 Å². The minimum absolute atomic E-state index is 0.218. The zero-order valence-electron chi connectivity index (χ0n) is 14.5. The van der Waals surface area contributed by atoms with Gasteiger partial charge in [-0.3, -0.25) is 10.1 Å². The summed E-state index contributed by atoms with van der Waals surface area (Å²) in [6, 6.07) is 10.0. The van der Waals surface area contributed by atoms with E-state index in [0.29, 0.717) is 32.6 Å². The van der Waals surface area contributed by atoms with Crippen LogP contribution in [0.25, 0.3) is 11.3 Å². The smallest absolute Gasteiger partial charge is 0.262 e. The molecule has 1 aromatic carbocycles. The maximum absolute atomic E-state index is 12.7. The molecule has 0 saturated heterocycles. The van der Waals surface area contributed by atoms with E-state index in [1.54, 1.807) is 6.92 Å². The lowest BCUT2D eigenvalue weighted by atomic mass is 10.1. The molecular formula is C19H19BrN2O2S. The number of furan rings is 1. The summed E-state index contributed by atoms with van der Waals surface area (Å²) in [6.45, 7) is 7.86. The molecule has 130 valence electrons. The average molecular weight is 419 g/mol. The zero-order valence-corrected chi connectivity index (χ0v) is 16.9. The van der Waals surface area contributed by atoms with Gasteiger partial charge in [0.1, 0.15) is 11.5 Å². The Morgan fingerprint density at radius 1 is 1.20 bits per heavy atom. The van der Waals surface area contributed by atoms with Crippen LogP contribution in [0.15, 0.2) is 39.2 Å². The second-order valence-electron chi connectivity index (χ2n) is 6.11. The molecule has 0 spiro atoms. The van der Waals surface area contributed by atoms with Gasteiger partial charge in [-0.15, -0.1) is 11.3 Å². The van der Waals surface area contributed by atoms with Gasteiger partial charge >= 0.3 is 0 Å². The summed E-state index contributed by atoms with van der Waals surface area (Å²) < 4.78 is 6.20. The van der Waals surface area contributed by atoms with Crippen LogP contribution in [0.5, 0.6) is 0 Å².